The maximum Gasteiger partial charge on any atom is 0.140 e. The summed E-state index contributed by atoms with van der Waals surface area (Å²) < 4.78 is 14.8. The van der Waals surface area contributed by atoms with Crippen molar-refractivity contribution >= 4 is 11.5 Å². The molecule has 2 aromatic heterocycles. The van der Waals surface area contributed by atoms with Crippen LogP contribution in [0.25, 0.3) is 5.65 Å². The topological polar surface area (TPSA) is 43.3 Å². The number of nitrogens with zero attached hydrogens (tertiary/aromatic N) is 2. The minimum absolute atomic E-state index is 0.288. The summed E-state index contributed by atoms with van der Waals surface area (Å²) in [5.41, 5.74) is 7.64. The van der Waals surface area contributed by atoms with E-state index in [0.29, 0.717) is 5.82 Å². The molecule has 0 atom stereocenters. The average molecular weight is 277 g/mol. The first-order valence-electron chi connectivity index (χ1n) is 7.64. The van der Waals surface area contributed by atoms with Gasteiger partial charge in [-0.05, 0) is 25.0 Å². The number of aryl methyl sites for hydroxylation is 1. The Labute approximate surface area is 120 Å². The lowest BCUT2D eigenvalue weighted by Gasteiger charge is -2.01. The number of unbranched alkanes of at least 4 members (excludes halogenated alkanes) is 6. The van der Waals surface area contributed by atoms with Gasteiger partial charge in [-0.3, -0.25) is 4.40 Å². The monoisotopic (exact) mass is 277 g/mol. The third-order valence-corrected chi connectivity index (χ3v) is 3.71. The average Bonchev–Trinajstić information content (AvgIpc) is 2.75. The van der Waals surface area contributed by atoms with Crippen LogP contribution in [-0.4, -0.2) is 9.38 Å². The molecule has 0 aliphatic carbocycles. The number of rotatable bonds is 8. The second-order valence-electron chi connectivity index (χ2n) is 5.39. The Morgan fingerprint density at radius 2 is 1.80 bits per heavy atom. The predicted octanol–water partition coefficient (Wildman–Crippen LogP) is 4.35. The third kappa shape index (κ3) is 3.71. The molecule has 2 aromatic rings. The third-order valence-electron chi connectivity index (χ3n) is 3.71. The molecule has 2 N–H and O–H groups in total. The van der Waals surface area contributed by atoms with Crippen LogP contribution in [0.4, 0.5) is 10.2 Å². The van der Waals surface area contributed by atoms with E-state index >= 15 is 0 Å². The number of pyridine rings is 1. The van der Waals surface area contributed by atoms with Gasteiger partial charge in [-0.25, -0.2) is 9.37 Å². The number of aromatic nitrogens is 2. The van der Waals surface area contributed by atoms with Gasteiger partial charge in [0.15, 0.2) is 0 Å². The molecule has 0 unspecified atom stereocenters. The van der Waals surface area contributed by atoms with Crippen molar-refractivity contribution in [2.75, 3.05) is 5.73 Å². The first kappa shape index (κ1) is 14.8. The molecule has 0 aliphatic rings. The van der Waals surface area contributed by atoms with E-state index in [9.17, 15) is 4.39 Å². The summed E-state index contributed by atoms with van der Waals surface area (Å²) in [6, 6.07) is 3.08. The largest absolute Gasteiger partial charge is 0.383 e. The predicted molar refractivity (Wildman–Crippen MR) is 81.3 cm³/mol. The van der Waals surface area contributed by atoms with Crippen LogP contribution in [0.1, 0.15) is 57.6 Å². The summed E-state index contributed by atoms with van der Waals surface area (Å²) in [7, 11) is 0. The first-order valence-corrected chi connectivity index (χ1v) is 7.64. The van der Waals surface area contributed by atoms with E-state index < -0.39 is 0 Å². The number of fused-ring (bicyclic) bond motifs is 1. The molecule has 4 heteroatoms. The minimum atomic E-state index is -0.288. The summed E-state index contributed by atoms with van der Waals surface area (Å²) in [5.74, 6) is 0.287. The van der Waals surface area contributed by atoms with Crippen LogP contribution in [0, 0.1) is 5.82 Å². The normalized spacial score (nSPS) is 11.3. The van der Waals surface area contributed by atoms with E-state index in [1.165, 1.54) is 50.8 Å². The van der Waals surface area contributed by atoms with Gasteiger partial charge in [0.05, 0.1) is 5.69 Å². The Bertz CT molecular complexity index is 548. The van der Waals surface area contributed by atoms with Crippen molar-refractivity contribution in [1.29, 1.82) is 0 Å². The highest BCUT2D eigenvalue weighted by Crippen LogP contribution is 2.18. The number of hydrogen-bond acceptors (Lipinski definition) is 2. The minimum Gasteiger partial charge on any atom is -0.383 e. The van der Waals surface area contributed by atoms with Crippen molar-refractivity contribution in [2.45, 2.75) is 58.3 Å². The van der Waals surface area contributed by atoms with Crippen molar-refractivity contribution in [3.8, 4) is 0 Å². The van der Waals surface area contributed by atoms with Gasteiger partial charge < -0.3 is 5.73 Å². The van der Waals surface area contributed by atoms with Gasteiger partial charge in [0.1, 0.15) is 17.3 Å². The van der Waals surface area contributed by atoms with Gasteiger partial charge >= 0.3 is 0 Å². The number of imidazole rings is 1. The molecule has 0 spiro atoms. The maximum absolute atomic E-state index is 13.2. The van der Waals surface area contributed by atoms with Crippen LogP contribution >= 0.6 is 0 Å². The number of halogens is 1. The van der Waals surface area contributed by atoms with Crippen molar-refractivity contribution in [3.05, 3.63) is 29.8 Å². The molecule has 20 heavy (non-hydrogen) atoms. The Morgan fingerprint density at radius 3 is 2.55 bits per heavy atom. The zero-order valence-electron chi connectivity index (χ0n) is 12.2. The van der Waals surface area contributed by atoms with E-state index in [-0.39, 0.29) is 5.82 Å². The lowest BCUT2D eigenvalue weighted by Crippen LogP contribution is -1.97. The van der Waals surface area contributed by atoms with Crippen LogP contribution in [0.2, 0.25) is 0 Å². The molecule has 0 aromatic carbocycles. The second-order valence-corrected chi connectivity index (χ2v) is 5.39. The summed E-state index contributed by atoms with van der Waals surface area (Å²) in [6.07, 6.45) is 11.1. The lowest BCUT2D eigenvalue weighted by molar-refractivity contribution is 0.588. The summed E-state index contributed by atoms with van der Waals surface area (Å²) >= 11 is 0. The molecule has 2 rings (SSSR count). The highest BCUT2D eigenvalue weighted by Gasteiger charge is 2.09. The summed E-state index contributed by atoms with van der Waals surface area (Å²) in [5, 5.41) is 0. The van der Waals surface area contributed by atoms with Gasteiger partial charge in [0.2, 0.25) is 0 Å². The second kappa shape index (κ2) is 7.27. The fourth-order valence-electron chi connectivity index (χ4n) is 2.52. The highest BCUT2D eigenvalue weighted by molar-refractivity contribution is 5.52. The Kier molecular flexibility index (Phi) is 5.39. The molecule has 0 saturated carbocycles. The molecule has 2 heterocycles. The van der Waals surface area contributed by atoms with Gasteiger partial charge in [0, 0.05) is 6.20 Å². The van der Waals surface area contributed by atoms with Crippen LogP contribution < -0.4 is 5.73 Å². The highest BCUT2D eigenvalue weighted by atomic mass is 19.1. The van der Waals surface area contributed by atoms with Gasteiger partial charge in [0.25, 0.3) is 0 Å². The maximum atomic E-state index is 13.2. The first-order chi connectivity index (χ1) is 9.72. The van der Waals surface area contributed by atoms with Gasteiger partial charge in [-0.2, -0.15) is 0 Å². The fraction of sp³-hybridized carbons (Fsp3) is 0.562. The van der Waals surface area contributed by atoms with E-state index in [1.54, 1.807) is 10.5 Å². The standard InChI is InChI=1S/C16H24FN3/c1-2-3-4-5-6-7-8-9-14-16(18)20-12-13(17)10-11-15(20)19-14/h10-12H,2-9,18H2,1H3. The Balaban J connectivity index is 1.83. The van der Waals surface area contributed by atoms with Crippen molar-refractivity contribution in [3.63, 3.8) is 0 Å². The van der Waals surface area contributed by atoms with Crippen molar-refractivity contribution < 1.29 is 4.39 Å². The van der Waals surface area contributed by atoms with Crippen molar-refractivity contribution in [1.82, 2.24) is 9.38 Å². The quantitative estimate of drug-likeness (QED) is 0.729. The zero-order chi connectivity index (χ0) is 14.4. The van der Waals surface area contributed by atoms with Crippen LogP contribution in [0.15, 0.2) is 18.3 Å². The molecule has 110 valence electrons. The molecule has 0 bridgehead atoms. The zero-order valence-corrected chi connectivity index (χ0v) is 12.2. The van der Waals surface area contributed by atoms with E-state index in [1.807, 2.05) is 0 Å². The van der Waals surface area contributed by atoms with E-state index in [4.69, 9.17) is 5.73 Å². The molecule has 3 nitrogen and oxygen atoms in total. The van der Waals surface area contributed by atoms with Crippen LogP contribution in [0.3, 0.4) is 0 Å². The number of nitrogens with two attached hydrogens (primary N) is 1. The van der Waals surface area contributed by atoms with E-state index in [2.05, 4.69) is 11.9 Å². The Morgan fingerprint density at radius 1 is 1.10 bits per heavy atom. The molecule has 0 aliphatic heterocycles. The number of anilines is 1. The van der Waals surface area contributed by atoms with Gasteiger partial charge in [-0.15, -0.1) is 0 Å². The molecule has 0 radical (unpaired) electrons. The Hall–Kier alpha value is -1.58. The van der Waals surface area contributed by atoms with Gasteiger partial charge in [-0.1, -0.05) is 45.4 Å². The van der Waals surface area contributed by atoms with E-state index in [0.717, 1.165) is 24.2 Å². The molecule has 0 fully saturated rings. The van der Waals surface area contributed by atoms with Crippen LogP contribution in [0.5, 0.6) is 0 Å². The van der Waals surface area contributed by atoms with Crippen LogP contribution in [-0.2, 0) is 6.42 Å². The molecular weight excluding hydrogens is 253 g/mol. The smallest absolute Gasteiger partial charge is 0.140 e. The summed E-state index contributed by atoms with van der Waals surface area (Å²) in [4.78, 5) is 4.47. The SMILES string of the molecule is CCCCCCCCCc1nc2ccc(F)cn2c1N. The molecule has 0 amide bonds. The fourth-order valence-corrected chi connectivity index (χ4v) is 2.52. The number of nitrogen functional groups attached to an aromatic ring is 1. The molecule has 0 saturated heterocycles. The summed E-state index contributed by atoms with van der Waals surface area (Å²) in [6.45, 7) is 2.23. The lowest BCUT2D eigenvalue weighted by atomic mass is 10.1. The van der Waals surface area contributed by atoms with Crippen molar-refractivity contribution in [2.24, 2.45) is 0 Å². The number of hydrogen-bond donors (Lipinski definition) is 1. The molecular formula is C16H24FN3.